The molecule has 0 amide bonds. The molecule has 0 aromatic carbocycles. The molecule has 0 aliphatic heterocycles. The Morgan fingerprint density at radius 2 is 2.23 bits per heavy atom. The number of allylic oxidation sites excluding steroid dienone is 1. The molecule has 0 fully saturated rings. The predicted molar refractivity (Wildman–Crippen MR) is 62.0 cm³/mol. The van der Waals surface area contributed by atoms with Crippen LogP contribution in [-0.2, 0) is 6.54 Å². The first-order valence-corrected chi connectivity index (χ1v) is 5.64. The predicted octanol–water partition coefficient (Wildman–Crippen LogP) is 2.68. The highest BCUT2D eigenvalue weighted by Crippen LogP contribution is 2.16. The second kappa shape index (κ2) is 4.52. The number of hydrogen-bond donors (Lipinski definition) is 0. The largest absolute Gasteiger partial charge is 0.282 e. The Kier molecular flexibility index (Phi) is 3.87. The van der Waals surface area contributed by atoms with E-state index in [0.717, 1.165) is 0 Å². The molecule has 1 aromatic rings. The van der Waals surface area contributed by atoms with Gasteiger partial charge in [-0.1, -0.05) is 22.5 Å². The molecular weight excluding hydrogens is 368 g/mol. The molecule has 0 saturated heterocycles. The number of hydrogen-bond acceptors (Lipinski definition) is 2. The third-order valence-electron chi connectivity index (χ3n) is 1.26. The highest BCUT2D eigenvalue weighted by molar-refractivity contribution is 9.13. The average molecular weight is 373 g/mol. The van der Waals surface area contributed by atoms with Gasteiger partial charge in [0.25, 0.3) is 5.56 Å². The maximum absolute atomic E-state index is 11.5. The maximum Gasteiger partial charge on any atom is 0.282 e. The molecule has 70 valence electrons. The first-order valence-electron chi connectivity index (χ1n) is 3.26. The smallest absolute Gasteiger partial charge is 0.266 e. The highest BCUT2D eigenvalue weighted by atomic mass is 79.9. The van der Waals surface area contributed by atoms with Gasteiger partial charge in [0, 0.05) is 4.48 Å². The van der Waals surface area contributed by atoms with Crippen LogP contribution in [0.4, 0.5) is 0 Å². The van der Waals surface area contributed by atoms with Crippen molar-refractivity contribution in [3.05, 3.63) is 36.6 Å². The van der Waals surface area contributed by atoms with Gasteiger partial charge < -0.3 is 0 Å². The van der Waals surface area contributed by atoms with Crippen LogP contribution in [-0.4, -0.2) is 9.78 Å². The van der Waals surface area contributed by atoms with Gasteiger partial charge >= 0.3 is 0 Å². The lowest BCUT2D eigenvalue weighted by molar-refractivity contribution is 0.642. The Bertz CT molecular complexity index is 399. The number of nitrogens with zero attached hydrogens (tertiary/aromatic N) is 2. The van der Waals surface area contributed by atoms with Gasteiger partial charge in [-0.15, -0.1) is 0 Å². The third-order valence-corrected chi connectivity index (χ3v) is 3.41. The van der Waals surface area contributed by atoms with Crippen LogP contribution in [0.1, 0.15) is 0 Å². The van der Waals surface area contributed by atoms with Crippen molar-refractivity contribution in [3.8, 4) is 0 Å². The summed E-state index contributed by atoms with van der Waals surface area (Å²) >= 11 is 9.51. The van der Waals surface area contributed by atoms with E-state index in [1.165, 1.54) is 4.68 Å². The number of halogens is 3. The van der Waals surface area contributed by atoms with Gasteiger partial charge in [-0.2, -0.15) is 5.10 Å². The van der Waals surface area contributed by atoms with Crippen molar-refractivity contribution in [1.82, 2.24) is 9.78 Å². The second-order valence-corrected chi connectivity index (χ2v) is 5.06. The summed E-state index contributed by atoms with van der Waals surface area (Å²) in [5, 5.41) is 3.92. The van der Waals surface area contributed by atoms with Crippen LogP contribution in [0.3, 0.4) is 0 Å². The molecule has 0 radical (unpaired) electrons. The average Bonchev–Trinajstić information content (AvgIpc) is 2.06. The number of rotatable bonds is 2. The normalized spacial score (nSPS) is 10.1. The van der Waals surface area contributed by atoms with E-state index in [-0.39, 0.29) is 5.56 Å². The van der Waals surface area contributed by atoms with Crippen LogP contribution in [0.2, 0.25) is 0 Å². The van der Waals surface area contributed by atoms with E-state index in [9.17, 15) is 4.79 Å². The van der Waals surface area contributed by atoms with E-state index in [0.29, 0.717) is 20.0 Å². The van der Waals surface area contributed by atoms with Gasteiger partial charge in [0.05, 0.1) is 17.2 Å². The number of aromatic nitrogens is 2. The van der Waals surface area contributed by atoms with Crippen LogP contribution in [0.5, 0.6) is 0 Å². The Morgan fingerprint density at radius 1 is 1.62 bits per heavy atom. The summed E-state index contributed by atoms with van der Waals surface area (Å²) in [7, 11) is 0. The highest BCUT2D eigenvalue weighted by Gasteiger charge is 2.06. The van der Waals surface area contributed by atoms with Crippen molar-refractivity contribution in [2.45, 2.75) is 6.54 Å². The zero-order chi connectivity index (χ0) is 10.0. The molecule has 0 spiro atoms. The summed E-state index contributed by atoms with van der Waals surface area (Å²) in [6.07, 6.45) is 1.56. The van der Waals surface area contributed by atoms with E-state index in [1.807, 2.05) is 0 Å². The molecule has 3 nitrogen and oxygen atoms in total. The molecule has 0 unspecified atom stereocenters. The fourth-order valence-electron chi connectivity index (χ4n) is 0.720. The molecule has 1 rings (SSSR count). The lowest BCUT2D eigenvalue weighted by atomic mass is 10.5. The Morgan fingerprint density at radius 3 is 2.77 bits per heavy atom. The van der Waals surface area contributed by atoms with E-state index < -0.39 is 0 Å². The van der Waals surface area contributed by atoms with Gasteiger partial charge in [0.2, 0.25) is 0 Å². The van der Waals surface area contributed by atoms with E-state index in [4.69, 9.17) is 0 Å². The molecule has 0 bridgehead atoms. The fourth-order valence-corrected chi connectivity index (χ4v) is 1.53. The SMILES string of the molecule is C=C(Br)Cn1ncc(Br)c(Br)c1=O. The lowest BCUT2D eigenvalue weighted by Gasteiger charge is -2.03. The van der Waals surface area contributed by atoms with Crippen LogP contribution < -0.4 is 5.56 Å². The maximum atomic E-state index is 11.5. The molecule has 6 heteroatoms. The van der Waals surface area contributed by atoms with E-state index in [2.05, 4.69) is 59.5 Å². The van der Waals surface area contributed by atoms with Crippen LogP contribution in [0.25, 0.3) is 0 Å². The lowest BCUT2D eigenvalue weighted by Crippen LogP contribution is -2.23. The van der Waals surface area contributed by atoms with Gasteiger partial charge in [-0.25, -0.2) is 4.68 Å². The van der Waals surface area contributed by atoms with Crippen molar-refractivity contribution in [3.63, 3.8) is 0 Å². The Balaban J connectivity index is 3.19. The second-order valence-electron chi connectivity index (χ2n) is 2.29. The Hall–Kier alpha value is 0.0600. The fraction of sp³-hybridized carbons (Fsp3) is 0.143. The van der Waals surface area contributed by atoms with Crippen molar-refractivity contribution in [1.29, 1.82) is 0 Å². The topological polar surface area (TPSA) is 34.9 Å². The third kappa shape index (κ3) is 2.75. The van der Waals surface area contributed by atoms with Crippen LogP contribution in [0, 0.1) is 0 Å². The van der Waals surface area contributed by atoms with Crippen molar-refractivity contribution in [2.75, 3.05) is 0 Å². The Labute approximate surface area is 100 Å². The molecule has 0 aliphatic carbocycles. The molecule has 0 atom stereocenters. The summed E-state index contributed by atoms with van der Waals surface area (Å²) in [6.45, 7) is 4.00. The zero-order valence-corrected chi connectivity index (χ0v) is 11.2. The van der Waals surface area contributed by atoms with Crippen LogP contribution >= 0.6 is 47.8 Å². The molecule has 1 aromatic heterocycles. The summed E-state index contributed by atoms with van der Waals surface area (Å²) in [4.78, 5) is 11.5. The summed E-state index contributed by atoms with van der Waals surface area (Å²) in [5.41, 5.74) is -0.185. The van der Waals surface area contributed by atoms with Crippen molar-refractivity contribution >= 4 is 47.8 Å². The van der Waals surface area contributed by atoms with Crippen LogP contribution in [0.15, 0.2) is 31.0 Å². The molecule has 0 aliphatic rings. The van der Waals surface area contributed by atoms with E-state index in [1.54, 1.807) is 6.20 Å². The first kappa shape index (κ1) is 11.1. The van der Waals surface area contributed by atoms with E-state index >= 15 is 0 Å². The van der Waals surface area contributed by atoms with Crippen molar-refractivity contribution < 1.29 is 0 Å². The molecule has 0 N–H and O–H groups in total. The first-order chi connectivity index (χ1) is 6.02. The minimum atomic E-state index is -0.185. The van der Waals surface area contributed by atoms with Crippen molar-refractivity contribution in [2.24, 2.45) is 0 Å². The molecule has 1 heterocycles. The summed E-state index contributed by atoms with van der Waals surface area (Å²) in [6, 6.07) is 0. The minimum absolute atomic E-state index is 0.185. The summed E-state index contributed by atoms with van der Waals surface area (Å²) in [5.74, 6) is 0. The minimum Gasteiger partial charge on any atom is -0.266 e. The zero-order valence-electron chi connectivity index (χ0n) is 6.43. The quantitative estimate of drug-likeness (QED) is 0.800. The monoisotopic (exact) mass is 370 g/mol. The summed E-state index contributed by atoms with van der Waals surface area (Å²) < 4.78 is 3.13. The van der Waals surface area contributed by atoms with Gasteiger partial charge in [0.1, 0.15) is 4.47 Å². The van der Waals surface area contributed by atoms with Gasteiger partial charge in [-0.3, -0.25) is 4.79 Å². The molecule has 0 saturated carbocycles. The standard InChI is InChI=1S/C7H5Br3N2O/c1-4(8)3-12-7(13)6(10)5(9)2-11-12/h2H,1,3H2. The molecular formula is C7H5Br3N2O. The molecule has 13 heavy (non-hydrogen) atoms. The van der Waals surface area contributed by atoms with Gasteiger partial charge in [0.15, 0.2) is 0 Å². The van der Waals surface area contributed by atoms with Gasteiger partial charge in [-0.05, 0) is 31.9 Å².